The van der Waals surface area contributed by atoms with E-state index in [1.165, 1.54) is 46.7 Å². The van der Waals surface area contributed by atoms with Gasteiger partial charge in [0.1, 0.15) is 0 Å². The molecule has 1 amide bonds. The van der Waals surface area contributed by atoms with Crippen LogP contribution in [0, 0.1) is 0 Å². The Labute approximate surface area is 133 Å². The van der Waals surface area contributed by atoms with E-state index in [0.717, 1.165) is 44.5 Å². The lowest BCUT2D eigenvalue weighted by atomic mass is 9.92. The predicted octanol–water partition coefficient (Wildman–Crippen LogP) is 1.31. The Bertz CT molecular complexity index is 564. The summed E-state index contributed by atoms with van der Waals surface area (Å²) >= 11 is 0. The van der Waals surface area contributed by atoms with E-state index in [1.54, 1.807) is 0 Å². The van der Waals surface area contributed by atoms with Crippen LogP contribution in [0.1, 0.15) is 55.6 Å². The monoisotopic (exact) mass is 302 g/mol. The maximum Gasteiger partial charge on any atom is 0.279 e. The van der Waals surface area contributed by atoms with Crippen molar-refractivity contribution in [2.75, 3.05) is 25.0 Å². The van der Waals surface area contributed by atoms with Crippen molar-refractivity contribution in [1.29, 1.82) is 0 Å². The topological polar surface area (TPSA) is 46.4 Å². The quantitative estimate of drug-likeness (QED) is 0.861. The number of carbonyl (C=O) groups is 1. The van der Waals surface area contributed by atoms with Crippen LogP contribution in [0.25, 0.3) is 0 Å². The van der Waals surface area contributed by atoms with E-state index in [-0.39, 0.29) is 5.91 Å². The van der Waals surface area contributed by atoms with Crippen LogP contribution in [0.3, 0.4) is 0 Å². The predicted molar refractivity (Wildman–Crippen MR) is 88.4 cm³/mol. The normalized spacial score (nSPS) is 16.5. The lowest BCUT2D eigenvalue weighted by Gasteiger charge is -2.23. The van der Waals surface area contributed by atoms with Gasteiger partial charge in [0.15, 0.2) is 6.54 Å². The molecular weight excluding hydrogens is 274 g/mol. The summed E-state index contributed by atoms with van der Waals surface area (Å²) in [5, 5.41) is 3.27. The van der Waals surface area contributed by atoms with E-state index in [1.807, 2.05) is 0 Å². The Morgan fingerprint density at radius 3 is 2.27 bits per heavy atom. The fraction of sp³-hybridized carbons (Fsp3) is 0.667. The van der Waals surface area contributed by atoms with Crippen molar-refractivity contribution >= 4 is 11.6 Å². The number of likely N-dealkylation sites (N-methyl/N-ethyl adjacent to an activating group) is 1. The van der Waals surface area contributed by atoms with Gasteiger partial charge in [0.25, 0.3) is 5.91 Å². The zero-order chi connectivity index (χ0) is 15.5. The molecule has 1 heterocycles. The van der Waals surface area contributed by atoms with Crippen LogP contribution >= 0.6 is 0 Å². The van der Waals surface area contributed by atoms with Crippen LogP contribution in [0.2, 0.25) is 0 Å². The van der Waals surface area contributed by atoms with Crippen LogP contribution < -0.4 is 10.2 Å². The molecule has 2 aliphatic carbocycles. The van der Waals surface area contributed by atoms with Gasteiger partial charge in [-0.3, -0.25) is 9.78 Å². The number of fused-ring (bicyclic) bond motifs is 2. The molecule has 0 saturated carbocycles. The van der Waals surface area contributed by atoms with Crippen molar-refractivity contribution in [3.8, 4) is 0 Å². The molecule has 2 N–H and O–H groups in total. The summed E-state index contributed by atoms with van der Waals surface area (Å²) in [6.45, 7) is 6.84. The molecule has 0 saturated heterocycles. The summed E-state index contributed by atoms with van der Waals surface area (Å²) in [5.41, 5.74) is 6.27. The Balaban J connectivity index is 1.86. The van der Waals surface area contributed by atoms with E-state index in [0.29, 0.717) is 6.54 Å². The van der Waals surface area contributed by atoms with Crippen molar-refractivity contribution in [3.05, 3.63) is 22.5 Å². The molecule has 0 fully saturated rings. The molecule has 0 atom stereocenters. The Hall–Kier alpha value is -1.42. The van der Waals surface area contributed by atoms with E-state index in [4.69, 9.17) is 4.98 Å². The van der Waals surface area contributed by atoms with E-state index in [2.05, 4.69) is 19.2 Å². The van der Waals surface area contributed by atoms with Crippen LogP contribution in [-0.2, 0) is 30.5 Å². The first kappa shape index (κ1) is 15.5. The molecule has 4 nitrogen and oxygen atoms in total. The van der Waals surface area contributed by atoms with E-state index in [9.17, 15) is 4.79 Å². The minimum atomic E-state index is 0.159. The number of rotatable bonds is 5. The number of anilines is 1. The average molecular weight is 302 g/mol. The molecule has 3 rings (SSSR count). The zero-order valence-corrected chi connectivity index (χ0v) is 13.9. The molecule has 22 heavy (non-hydrogen) atoms. The fourth-order valence-electron chi connectivity index (χ4n) is 3.81. The lowest BCUT2D eigenvalue weighted by Crippen LogP contribution is -3.12. The first-order valence-corrected chi connectivity index (χ1v) is 8.89. The number of hydrogen-bond acceptors (Lipinski definition) is 2. The Morgan fingerprint density at radius 2 is 1.59 bits per heavy atom. The smallest absolute Gasteiger partial charge is 0.279 e. The average Bonchev–Trinajstić information content (AvgIpc) is 3.00. The SMILES string of the molecule is CC[NH+](CC)CC(=O)Nc1c2c(nc3c1CCC3)CCCC2. The molecule has 0 radical (unpaired) electrons. The van der Waals surface area contributed by atoms with Gasteiger partial charge in [-0.15, -0.1) is 0 Å². The van der Waals surface area contributed by atoms with Gasteiger partial charge in [-0.05, 0) is 69.9 Å². The number of quaternary nitrogens is 1. The first-order valence-electron chi connectivity index (χ1n) is 8.89. The van der Waals surface area contributed by atoms with Gasteiger partial charge in [-0.25, -0.2) is 0 Å². The molecule has 1 aromatic heterocycles. The number of aryl methyl sites for hydroxylation is 2. The summed E-state index contributed by atoms with van der Waals surface area (Å²) in [6, 6.07) is 0. The van der Waals surface area contributed by atoms with Crippen LogP contribution in [0.4, 0.5) is 5.69 Å². The molecule has 4 heteroatoms. The Morgan fingerprint density at radius 1 is 1.00 bits per heavy atom. The second kappa shape index (κ2) is 6.78. The Kier molecular flexibility index (Phi) is 4.77. The van der Waals surface area contributed by atoms with Crippen LogP contribution in [-0.4, -0.2) is 30.5 Å². The highest BCUT2D eigenvalue weighted by Crippen LogP contribution is 2.35. The van der Waals surface area contributed by atoms with Gasteiger partial charge < -0.3 is 10.2 Å². The minimum Gasteiger partial charge on any atom is -0.328 e. The van der Waals surface area contributed by atoms with Gasteiger partial charge in [-0.1, -0.05) is 0 Å². The van der Waals surface area contributed by atoms with Gasteiger partial charge in [0, 0.05) is 11.4 Å². The second-order valence-corrected chi connectivity index (χ2v) is 6.58. The number of nitrogens with one attached hydrogen (secondary N) is 2. The summed E-state index contributed by atoms with van der Waals surface area (Å²) in [7, 11) is 0. The van der Waals surface area contributed by atoms with Crippen molar-refractivity contribution in [2.45, 2.75) is 58.8 Å². The highest BCUT2D eigenvalue weighted by Gasteiger charge is 2.26. The van der Waals surface area contributed by atoms with Crippen molar-refractivity contribution in [3.63, 3.8) is 0 Å². The molecule has 120 valence electrons. The number of aromatic nitrogens is 1. The molecule has 0 bridgehead atoms. The molecule has 2 aliphatic rings. The van der Waals surface area contributed by atoms with Crippen molar-refractivity contribution in [2.24, 2.45) is 0 Å². The molecule has 0 spiro atoms. The number of carbonyl (C=O) groups excluding carboxylic acids is 1. The fourth-order valence-corrected chi connectivity index (χ4v) is 3.81. The number of amides is 1. The third-order valence-corrected chi connectivity index (χ3v) is 5.18. The minimum absolute atomic E-state index is 0.159. The second-order valence-electron chi connectivity index (χ2n) is 6.58. The van der Waals surface area contributed by atoms with Crippen LogP contribution in [0.5, 0.6) is 0 Å². The summed E-state index contributed by atoms with van der Waals surface area (Å²) in [5.74, 6) is 0.159. The van der Waals surface area contributed by atoms with Gasteiger partial charge in [0.2, 0.25) is 0 Å². The third-order valence-electron chi connectivity index (χ3n) is 5.18. The van der Waals surface area contributed by atoms with Crippen molar-refractivity contribution in [1.82, 2.24) is 4.98 Å². The van der Waals surface area contributed by atoms with E-state index < -0.39 is 0 Å². The standard InChI is InChI=1S/C18H27N3O/c1-3-21(4-2)12-17(22)20-18-13-8-5-6-10-15(13)19-16-11-7-9-14(16)18/h3-12H2,1-2H3,(H,19,20,22)/p+1. The highest BCUT2D eigenvalue weighted by molar-refractivity contribution is 5.93. The number of nitrogens with zero attached hydrogens (tertiary/aromatic N) is 1. The summed E-state index contributed by atoms with van der Waals surface area (Å²) < 4.78 is 0. The number of pyridine rings is 1. The largest absolute Gasteiger partial charge is 0.328 e. The maximum absolute atomic E-state index is 12.5. The first-order chi connectivity index (χ1) is 10.7. The highest BCUT2D eigenvalue weighted by atomic mass is 16.2. The summed E-state index contributed by atoms with van der Waals surface area (Å²) in [6.07, 6.45) is 7.93. The molecule has 1 aromatic rings. The molecule has 0 aromatic carbocycles. The third kappa shape index (κ3) is 3.02. The number of hydrogen-bond donors (Lipinski definition) is 2. The van der Waals surface area contributed by atoms with Crippen LogP contribution in [0.15, 0.2) is 0 Å². The summed E-state index contributed by atoms with van der Waals surface area (Å²) in [4.78, 5) is 18.7. The maximum atomic E-state index is 12.5. The van der Waals surface area contributed by atoms with Crippen molar-refractivity contribution < 1.29 is 9.69 Å². The van der Waals surface area contributed by atoms with E-state index >= 15 is 0 Å². The lowest BCUT2D eigenvalue weighted by molar-refractivity contribution is -0.888. The van der Waals surface area contributed by atoms with Gasteiger partial charge in [0.05, 0.1) is 18.8 Å². The van der Waals surface area contributed by atoms with Gasteiger partial charge >= 0.3 is 0 Å². The molecular formula is C18H28N3O+. The zero-order valence-electron chi connectivity index (χ0n) is 13.9. The molecule has 0 aliphatic heterocycles. The molecule has 0 unspecified atom stereocenters. The van der Waals surface area contributed by atoms with Gasteiger partial charge in [-0.2, -0.15) is 0 Å².